The second-order valence-electron chi connectivity index (χ2n) is 7.40. The molecular formula is C21H20ClN7O2. The second-order valence-corrected chi connectivity index (χ2v) is 7.83. The lowest BCUT2D eigenvalue weighted by molar-refractivity contribution is 0.0533. The molecule has 0 aliphatic carbocycles. The molecule has 31 heavy (non-hydrogen) atoms. The first-order chi connectivity index (χ1) is 15.1. The number of carbonyl (C=O) groups excluding carboxylic acids is 2. The van der Waals surface area contributed by atoms with Crippen LogP contribution in [0.1, 0.15) is 26.4 Å². The average molecular weight is 438 g/mol. The topological polar surface area (TPSA) is 105 Å². The summed E-state index contributed by atoms with van der Waals surface area (Å²) < 4.78 is 0. The van der Waals surface area contributed by atoms with Crippen LogP contribution < -0.4 is 16.5 Å². The van der Waals surface area contributed by atoms with Gasteiger partial charge in [-0.05, 0) is 36.4 Å². The number of carbonyl (C=O) groups is 2. The fraction of sp³-hybridized carbons (Fsp3) is 0.190. The van der Waals surface area contributed by atoms with E-state index < -0.39 is 0 Å². The molecule has 1 saturated heterocycles. The van der Waals surface area contributed by atoms with Crippen molar-refractivity contribution in [3.05, 3.63) is 70.4 Å². The normalized spacial score (nSPS) is 16.1. The molecule has 158 valence electrons. The summed E-state index contributed by atoms with van der Waals surface area (Å²) in [6.45, 7) is 1.94. The number of hydrazine groups is 2. The van der Waals surface area contributed by atoms with Gasteiger partial charge >= 0.3 is 0 Å². The molecule has 9 nitrogen and oxygen atoms in total. The smallest absolute Gasteiger partial charge is 0.270 e. The molecule has 0 spiro atoms. The van der Waals surface area contributed by atoms with Crippen molar-refractivity contribution in [1.82, 2.24) is 31.3 Å². The van der Waals surface area contributed by atoms with E-state index in [1.54, 1.807) is 28.0 Å². The number of aromatic nitrogens is 1. The molecule has 0 bridgehead atoms. The Balaban J connectivity index is 1.22. The van der Waals surface area contributed by atoms with E-state index in [0.29, 0.717) is 48.3 Å². The summed E-state index contributed by atoms with van der Waals surface area (Å²) in [4.78, 5) is 32.5. The third-order valence-electron chi connectivity index (χ3n) is 5.48. The molecule has 4 N–H and O–H groups in total. The quantitative estimate of drug-likeness (QED) is 0.499. The highest BCUT2D eigenvalue weighted by molar-refractivity contribution is 6.31. The predicted octanol–water partition coefficient (Wildman–Crippen LogP) is 1.69. The van der Waals surface area contributed by atoms with Crippen LogP contribution in [0.15, 0.2) is 53.6 Å². The first-order valence-corrected chi connectivity index (χ1v) is 10.3. The first kappa shape index (κ1) is 19.4. The van der Waals surface area contributed by atoms with Crippen LogP contribution in [0.5, 0.6) is 0 Å². The Morgan fingerprint density at radius 2 is 1.61 bits per heavy atom. The number of H-pyrrole nitrogens is 1. The highest BCUT2D eigenvalue weighted by Gasteiger charge is 2.26. The maximum atomic E-state index is 12.9. The number of halogens is 1. The molecule has 2 amide bonds. The number of nitrogens with zero attached hydrogens (tertiary/aromatic N) is 3. The van der Waals surface area contributed by atoms with Crippen LogP contribution in [-0.2, 0) is 0 Å². The molecule has 2 aliphatic rings. The minimum Gasteiger partial charge on any atom is -0.351 e. The summed E-state index contributed by atoms with van der Waals surface area (Å²) in [5.74, 6) is 0.540. The van der Waals surface area contributed by atoms with Crippen molar-refractivity contribution in [2.24, 2.45) is 5.10 Å². The minimum absolute atomic E-state index is 0.0449. The van der Waals surface area contributed by atoms with E-state index in [1.165, 1.54) is 0 Å². The van der Waals surface area contributed by atoms with Crippen LogP contribution >= 0.6 is 11.6 Å². The molecule has 3 aromatic rings. The van der Waals surface area contributed by atoms with Gasteiger partial charge in [0.1, 0.15) is 5.69 Å². The number of nitrogens with one attached hydrogen (secondary N) is 4. The molecule has 2 aromatic carbocycles. The van der Waals surface area contributed by atoms with Crippen molar-refractivity contribution in [1.29, 1.82) is 0 Å². The SMILES string of the molecule is O=C(c1ccc(C2=NNNN2)cc1)N1CCN(C(=O)c2cc3cc(Cl)ccc3[nH]2)CC1. The minimum atomic E-state index is -0.0733. The van der Waals surface area contributed by atoms with E-state index >= 15 is 0 Å². The van der Waals surface area contributed by atoms with Crippen molar-refractivity contribution < 1.29 is 9.59 Å². The van der Waals surface area contributed by atoms with Gasteiger partial charge in [-0.25, -0.2) is 5.53 Å². The highest BCUT2D eigenvalue weighted by Crippen LogP contribution is 2.21. The number of piperazine rings is 1. The molecule has 0 atom stereocenters. The molecule has 0 unspecified atom stereocenters. The van der Waals surface area contributed by atoms with Gasteiger partial charge in [0.2, 0.25) is 0 Å². The van der Waals surface area contributed by atoms with Gasteiger partial charge in [-0.2, -0.15) is 0 Å². The molecule has 3 heterocycles. The summed E-state index contributed by atoms with van der Waals surface area (Å²) in [7, 11) is 0. The van der Waals surface area contributed by atoms with E-state index in [1.807, 2.05) is 30.3 Å². The van der Waals surface area contributed by atoms with Crippen LogP contribution in [0.4, 0.5) is 0 Å². The van der Waals surface area contributed by atoms with Gasteiger partial charge in [0.15, 0.2) is 5.84 Å². The fourth-order valence-corrected chi connectivity index (χ4v) is 3.97. The molecule has 0 radical (unpaired) electrons. The largest absolute Gasteiger partial charge is 0.351 e. The fourth-order valence-electron chi connectivity index (χ4n) is 3.79. The highest BCUT2D eigenvalue weighted by atomic mass is 35.5. The van der Waals surface area contributed by atoms with Gasteiger partial charge in [0.25, 0.3) is 11.8 Å². The number of benzene rings is 2. The zero-order valence-corrected chi connectivity index (χ0v) is 17.2. The van der Waals surface area contributed by atoms with E-state index in [4.69, 9.17) is 11.6 Å². The van der Waals surface area contributed by atoms with Gasteiger partial charge in [0, 0.05) is 53.2 Å². The van der Waals surface area contributed by atoms with Crippen molar-refractivity contribution in [3.63, 3.8) is 0 Å². The van der Waals surface area contributed by atoms with Gasteiger partial charge in [-0.15, -0.1) is 10.6 Å². The number of rotatable bonds is 3. The predicted molar refractivity (Wildman–Crippen MR) is 118 cm³/mol. The Bertz CT molecular complexity index is 1180. The number of fused-ring (bicyclic) bond motifs is 1. The number of hydrogen-bond donors (Lipinski definition) is 4. The Labute approximate surface area is 183 Å². The number of aromatic amines is 1. The van der Waals surface area contributed by atoms with E-state index in [2.05, 4.69) is 26.6 Å². The zero-order chi connectivity index (χ0) is 21.4. The van der Waals surface area contributed by atoms with E-state index in [0.717, 1.165) is 16.5 Å². The van der Waals surface area contributed by atoms with Crippen molar-refractivity contribution in [2.45, 2.75) is 0 Å². The number of hydrogen-bond acceptors (Lipinski definition) is 6. The van der Waals surface area contributed by atoms with Crippen molar-refractivity contribution >= 4 is 40.2 Å². The van der Waals surface area contributed by atoms with Gasteiger partial charge in [-0.1, -0.05) is 23.7 Å². The standard InChI is InChI=1S/C21H20ClN7O2/c22-16-5-6-17-15(11-16)12-18(23-17)21(31)29-9-7-28(8-10-29)20(30)14-3-1-13(2-4-14)19-24-26-27-25-19/h1-6,11-12,23,26-27H,7-10H2,(H,24,25). The van der Waals surface area contributed by atoms with Gasteiger partial charge in [0.05, 0.1) is 0 Å². The molecule has 10 heteroatoms. The number of amides is 2. The third kappa shape index (κ3) is 3.80. The van der Waals surface area contributed by atoms with E-state index in [9.17, 15) is 9.59 Å². The molecular weight excluding hydrogens is 418 g/mol. The molecule has 0 saturated carbocycles. The second kappa shape index (κ2) is 7.93. The Morgan fingerprint density at radius 3 is 2.29 bits per heavy atom. The number of amidine groups is 1. The summed E-state index contributed by atoms with van der Waals surface area (Å²) >= 11 is 6.03. The lowest BCUT2D eigenvalue weighted by Gasteiger charge is -2.34. The third-order valence-corrected chi connectivity index (χ3v) is 5.71. The Morgan fingerprint density at radius 1 is 0.903 bits per heavy atom. The van der Waals surface area contributed by atoms with Gasteiger partial charge < -0.3 is 14.8 Å². The van der Waals surface area contributed by atoms with Crippen molar-refractivity contribution in [2.75, 3.05) is 26.2 Å². The van der Waals surface area contributed by atoms with Crippen LogP contribution in [0.3, 0.4) is 0 Å². The first-order valence-electron chi connectivity index (χ1n) is 9.89. The van der Waals surface area contributed by atoms with Crippen molar-refractivity contribution in [3.8, 4) is 0 Å². The van der Waals surface area contributed by atoms with E-state index in [-0.39, 0.29) is 11.8 Å². The Hall–Kier alpha value is -3.56. The van der Waals surface area contributed by atoms with Gasteiger partial charge in [-0.3, -0.25) is 15.0 Å². The van der Waals surface area contributed by atoms with Crippen LogP contribution in [0, 0.1) is 0 Å². The van der Waals surface area contributed by atoms with Crippen LogP contribution in [-0.4, -0.2) is 58.6 Å². The van der Waals surface area contributed by atoms with Crippen LogP contribution in [0.2, 0.25) is 5.02 Å². The summed E-state index contributed by atoms with van der Waals surface area (Å²) in [5.41, 5.74) is 11.0. The number of hydrazone groups is 1. The maximum Gasteiger partial charge on any atom is 0.270 e. The average Bonchev–Trinajstić information content (AvgIpc) is 3.48. The monoisotopic (exact) mass is 437 g/mol. The summed E-state index contributed by atoms with van der Waals surface area (Å²) in [5, 5.41) is 5.57. The summed E-state index contributed by atoms with van der Waals surface area (Å²) in [6, 6.07) is 14.5. The molecule has 1 aromatic heterocycles. The lowest BCUT2D eigenvalue weighted by Crippen LogP contribution is -2.50. The van der Waals surface area contributed by atoms with Crippen LogP contribution in [0.25, 0.3) is 10.9 Å². The molecule has 5 rings (SSSR count). The molecule has 2 aliphatic heterocycles. The Kier molecular flexibility index (Phi) is 4.97. The maximum absolute atomic E-state index is 12.9. The summed E-state index contributed by atoms with van der Waals surface area (Å²) in [6.07, 6.45) is 0. The lowest BCUT2D eigenvalue weighted by atomic mass is 10.1. The zero-order valence-electron chi connectivity index (χ0n) is 16.5. The molecule has 1 fully saturated rings.